The summed E-state index contributed by atoms with van der Waals surface area (Å²) in [5.74, 6) is 0.215. The number of piperidine rings is 1. The minimum absolute atomic E-state index is 0.0108. The van der Waals surface area contributed by atoms with Crippen molar-refractivity contribution in [2.45, 2.75) is 42.1 Å². The van der Waals surface area contributed by atoms with E-state index >= 15 is 4.39 Å². The van der Waals surface area contributed by atoms with Crippen LogP contribution in [0.2, 0.25) is 0 Å². The monoisotopic (exact) mass is 451 g/mol. The lowest BCUT2D eigenvalue weighted by Crippen LogP contribution is -2.45. The minimum Gasteiger partial charge on any atom is -0.383 e. The summed E-state index contributed by atoms with van der Waals surface area (Å²) in [7, 11) is 0. The van der Waals surface area contributed by atoms with E-state index in [1.54, 1.807) is 12.3 Å². The van der Waals surface area contributed by atoms with Gasteiger partial charge in [-0.3, -0.25) is 0 Å². The van der Waals surface area contributed by atoms with Gasteiger partial charge in [-0.25, -0.2) is 15.0 Å². The quantitative estimate of drug-likeness (QED) is 0.554. The number of nitrogens with zero attached hydrogens (tertiary/aromatic N) is 4. The molecule has 9 heteroatoms. The predicted octanol–water partition coefficient (Wildman–Crippen LogP) is 3.48. The van der Waals surface area contributed by atoms with Crippen LogP contribution >= 0.6 is 11.8 Å². The number of nitrogens with two attached hydrogens (primary N) is 3. The number of rotatable bonds is 3. The third-order valence-electron chi connectivity index (χ3n) is 6.88. The maximum atomic E-state index is 15.0. The second-order valence-corrected chi connectivity index (χ2v) is 9.68. The van der Waals surface area contributed by atoms with Crippen LogP contribution in [0.5, 0.6) is 0 Å². The number of aromatic nitrogens is 3. The lowest BCUT2D eigenvalue weighted by Gasteiger charge is -2.42. The van der Waals surface area contributed by atoms with Gasteiger partial charge in [-0.1, -0.05) is 36.0 Å². The maximum Gasteiger partial charge on any atom is 0.257 e. The van der Waals surface area contributed by atoms with Gasteiger partial charge in [0.05, 0.1) is 0 Å². The number of hydrogen-bond donors (Lipinski definition) is 3. The molecule has 1 aliphatic heterocycles. The highest BCUT2D eigenvalue weighted by atomic mass is 32.2. The van der Waals surface area contributed by atoms with E-state index < -0.39 is 5.95 Å². The molecule has 166 valence electrons. The van der Waals surface area contributed by atoms with Gasteiger partial charge in [0.1, 0.15) is 10.8 Å². The molecule has 0 amide bonds. The first-order valence-corrected chi connectivity index (χ1v) is 11.5. The van der Waals surface area contributed by atoms with Gasteiger partial charge in [0.2, 0.25) is 0 Å². The van der Waals surface area contributed by atoms with E-state index in [1.165, 1.54) is 22.9 Å². The molecule has 1 spiro atoms. The van der Waals surface area contributed by atoms with Crippen molar-refractivity contribution in [2.75, 3.05) is 29.5 Å². The number of benzene rings is 1. The molecule has 1 fully saturated rings. The van der Waals surface area contributed by atoms with Crippen molar-refractivity contribution in [3.8, 4) is 0 Å². The van der Waals surface area contributed by atoms with Crippen molar-refractivity contribution in [3.63, 3.8) is 0 Å². The standard InChI is InChI=1S/C23H26FN7S/c1-13-16(6-9-28-19(13)26)32-22-20(27)30-21(18(24)29-22)31-10-7-23(8-11-31)12-14-4-2-3-5-15(14)17(23)25/h2-6,9,17H,7-8,10-12,25H2,1H3,(H2,26,28)(H2,27,30)/t17-/m1/s1. The molecule has 0 saturated carbocycles. The molecule has 2 aromatic heterocycles. The van der Waals surface area contributed by atoms with Crippen LogP contribution < -0.4 is 22.1 Å². The topological polar surface area (TPSA) is 120 Å². The van der Waals surface area contributed by atoms with Crippen molar-refractivity contribution in [2.24, 2.45) is 11.1 Å². The van der Waals surface area contributed by atoms with Gasteiger partial charge in [0.25, 0.3) is 5.95 Å². The molecular formula is C23H26FN7S. The molecule has 1 atom stereocenters. The van der Waals surface area contributed by atoms with Crippen LogP contribution in [0.15, 0.2) is 46.5 Å². The van der Waals surface area contributed by atoms with Crippen LogP contribution in [-0.2, 0) is 6.42 Å². The zero-order valence-electron chi connectivity index (χ0n) is 17.9. The zero-order valence-corrected chi connectivity index (χ0v) is 18.7. The highest BCUT2D eigenvalue weighted by Gasteiger charge is 2.46. The summed E-state index contributed by atoms with van der Waals surface area (Å²) in [6.45, 7) is 3.19. The lowest BCUT2D eigenvalue weighted by molar-refractivity contribution is 0.186. The van der Waals surface area contributed by atoms with Crippen LogP contribution in [0.4, 0.5) is 21.8 Å². The Kier molecular flexibility index (Phi) is 5.17. The molecule has 3 aromatic rings. The molecule has 1 aliphatic carbocycles. The van der Waals surface area contributed by atoms with Gasteiger partial charge in [-0.05, 0) is 48.8 Å². The molecule has 1 aromatic carbocycles. The zero-order chi connectivity index (χ0) is 22.5. The first-order chi connectivity index (χ1) is 15.4. The fraction of sp³-hybridized carbons (Fsp3) is 0.348. The second-order valence-electron chi connectivity index (χ2n) is 8.65. The van der Waals surface area contributed by atoms with Crippen molar-refractivity contribution in [1.82, 2.24) is 15.0 Å². The second kappa shape index (κ2) is 7.90. The summed E-state index contributed by atoms with van der Waals surface area (Å²) >= 11 is 1.24. The fourth-order valence-electron chi connectivity index (χ4n) is 4.90. The first kappa shape index (κ1) is 21.0. The van der Waals surface area contributed by atoms with Gasteiger partial charge >= 0.3 is 0 Å². The van der Waals surface area contributed by atoms with E-state index in [2.05, 4.69) is 33.2 Å². The normalized spacial score (nSPS) is 19.3. The Morgan fingerprint density at radius 3 is 2.59 bits per heavy atom. The summed E-state index contributed by atoms with van der Waals surface area (Å²) in [5.41, 5.74) is 22.1. The van der Waals surface area contributed by atoms with Gasteiger partial charge in [0.15, 0.2) is 11.6 Å². The summed E-state index contributed by atoms with van der Waals surface area (Å²) in [6.07, 6.45) is 4.32. The summed E-state index contributed by atoms with van der Waals surface area (Å²) < 4.78 is 15.0. The Morgan fingerprint density at radius 2 is 1.84 bits per heavy atom. The maximum absolute atomic E-state index is 15.0. The van der Waals surface area contributed by atoms with Crippen molar-refractivity contribution in [3.05, 3.63) is 59.2 Å². The molecule has 0 radical (unpaired) electrons. The highest BCUT2D eigenvalue weighted by molar-refractivity contribution is 7.99. The van der Waals surface area contributed by atoms with Crippen LogP contribution in [0, 0.1) is 18.3 Å². The number of anilines is 3. The SMILES string of the molecule is Cc1c(Sc2nc(F)c(N3CCC4(CC3)Cc3ccccc3[C@H]4N)nc2N)ccnc1N. The molecule has 32 heavy (non-hydrogen) atoms. The number of fused-ring (bicyclic) bond motifs is 1. The average molecular weight is 452 g/mol. The van der Waals surface area contributed by atoms with Crippen LogP contribution in [-0.4, -0.2) is 28.0 Å². The van der Waals surface area contributed by atoms with E-state index in [0.717, 1.165) is 29.7 Å². The third-order valence-corrected chi connectivity index (χ3v) is 8.04. The molecule has 5 rings (SSSR count). The number of nitrogen functional groups attached to an aromatic ring is 2. The molecule has 6 N–H and O–H groups in total. The Labute approximate surface area is 190 Å². The molecule has 0 bridgehead atoms. The first-order valence-electron chi connectivity index (χ1n) is 10.7. The molecular weight excluding hydrogens is 425 g/mol. The average Bonchev–Trinajstić information content (AvgIpc) is 3.06. The molecule has 7 nitrogen and oxygen atoms in total. The van der Waals surface area contributed by atoms with Crippen LogP contribution in [0.1, 0.15) is 35.6 Å². The minimum atomic E-state index is -0.615. The third kappa shape index (κ3) is 3.45. The van der Waals surface area contributed by atoms with Gasteiger partial charge in [0, 0.05) is 35.8 Å². The molecule has 3 heterocycles. The predicted molar refractivity (Wildman–Crippen MR) is 125 cm³/mol. The summed E-state index contributed by atoms with van der Waals surface area (Å²) in [4.78, 5) is 15.3. The fourth-order valence-corrected chi connectivity index (χ4v) is 5.77. The largest absolute Gasteiger partial charge is 0.383 e. The number of halogens is 1. The van der Waals surface area contributed by atoms with Gasteiger partial charge in [-0.2, -0.15) is 4.39 Å². The smallest absolute Gasteiger partial charge is 0.257 e. The lowest BCUT2D eigenvalue weighted by atomic mass is 9.73. The van der Waals surface area contributed by atoms with Crippen LogP contribution in [0.3, 0.4) is 0 Å². The summed E-state index contributed by atoms with van der Waals surface area (Å²) in [6, 6.07) is 10.2. The summed E-state index contributed by atoms with van der Waals surface area (Å²) in [5, 5.41) is 0.321. The van der Waals surface area contributed by atoms with E-state index in [-0.39, 0.29) is 23.1 Å². The Morgan fingerprint density at radius 1 is 1.09 bits per heavy atom. The number of hydrogen-bond acceptors (Lipinski definition) is 8. The molecule has 2 aliphatic rings. The Bertz CT molecular complexity index is 1180. The Balaban J connectivity index is 1.34. The molecule has 0 unspecified atom stereocenters. The van der Waals surface area contributed by atoms with E-state index in [4.69, 9.17) is 17.2 Å². The highest BCUT2D eigenvalue weighted by Crippen LogP contribution is 2.51. The van der Waals surface area contributed by atoms with E-state index in [1.807, 2.05) is 17.9 Å². The van der Waals surface area contributed by atoms with Crippen molar-refractivity contribution >= 4 is 29.2 Å². The Hall–Kier alpha value is -2.91. The van der Waals surface area contributed by atoms with E-state index in [9.17, 15) is 0 Å². The molecule has 1 saturated heterocycles. The van der Waals surface area contributed by atoms with Crippen molar-refractivity contribution in [1.29, 1.82) is 0 Å². The number of pyridine rings is 1. The van der Waals surface area contributed by atoms with Crippen molar-refractivity contribution < 1.29 is 4.39 Å². The van der Waals surface area contributed by atoms with Gasteiger partial charge < -0.3 is 22.1 Å². The van der Waals surface area contributed by atoms with Crippen LogP contribution in [0.25, 0.3) is 0 Å². The van der Waals surface area contributed by atoms with E-state index in [0.29, 0.717) is 23.9 Å². The van der Waals surface area contributed by atoms with Gasteiger partial charge in [-0.15, -0.1) is 0 Å².